The molecule has 4 rings (SSSR count). The Labute approximate surface area is 238 Å². The number of pyridine rings is 1. The molecule has 2 atom stereocenters. The van der Waals surface area contributed by atoms with E-state index in [0.717, 1.165) is 47.7 Å². The van der Waals surface area contributed by atoms with Gasteiger partial charge in [0.15, 0.2) is 0 Å². The molecule has 2 heterocycles. The molecule has 0 spiro atoms. The molecular formula is C32H42ClFN4O. The summed E-state index contributed by atoms with van der Waals surface area (Å²) >= 11 is 6.78. The van der Waals surface area contributed by atoms with Crippen molar-refractivity contribution in [1.82, 2.24) is 15.0 Å². The molecule has 1 aromatic carbocycles. The van der Waals surface area contributed by atoms with Gasteiger partial charge in [-0.05, 0) is 48.4 Å². The molecule has 0 amide bonds. The van der Waals surface area contributed by atoms with E-state index < -0.39 is 6.67 Å². The maximum Gasteiger partial charge on any atom is 0.148 e. The second kappa shape index (κ2) is 14.7. The van der Waals surface area contributed by atoms with Gasteiger partial charge in [-0.1, -0.05) is 88.7 Å². The zero-order chi connectivity index (χ0) is 27.6. The summed E-state index contributed by atoms with van der Waals surface area (Å²) in [6.45, 7) is 5.97. The average Bonchev–Trinajstić information content (AvgIpc) is 3.30. The van der Waals surface area contributed by atoms with Crippen molar-refractivity contribution in [2.75, 3.05) is 18.6 Å². The number of fused-ring (bicyclic) bond motifs is 1. The maximum atomic E-state index is 12.9. The summed E-state index contributed by atoms with van der Waals surface area (Å²) in [6, 6.07) is 10.2. The first-order valence-electron chi connectivity index (χ1n) is 14.7. The molecule has 1 aliphatic carbocycles. The molecule has 0 unspecified atom stereocenters. The molecule has 1 aliphatic rings. The Morgan fingerprint density at radius 2 is 1.74 bits per heavy atom. The predicted molar refractivity (Wildman–Crippen MR) is 158 cm³/mol. The van der Waals surface area contributed by atoms with Crippen molar-refractivity contribution in [2.24, 2.45) is 0 Å². The number of nitrogens with zero attached hydrogens (tertiary/aromatic N) is 3. The highest BCUT2D eigenvalue weighted by molar-refractivity contribution is 6.33. The van der Waals surface area contributed by atoms with Gasteiger partial charge in [0.2, 0.25) is 0 Å². The molecule has 5 nitrogen and oxygen atoms in total. The highest BCUT2D eigenvalue weighted by atomic mass is 35.5. The molecule has 7 heteroatoms. The van der Waals surface area contributed by atoms with Crippen LogP contribution in [0, 0.1) is 0 Å². The Morgan fingerprint density at radius 3 is 2.49 bits per heavy atom. The summed E-state index contributed by atoms with van der Waals surface area (Å²) in [5.41, 5.74) is 6.67. The standard InChI is InChI=1S/C32H42ClFN4O/c1-4-7-8-9-10-11-14-22-19-25(33)30(35-21-22)31-26(5-2)37-32(27(6-3)36-31)38-29-24-16-13-12-15-23(24)20-28(29)39-18-17-34/h12-13,15-16,19,21,28-29H,4-11,14,17-18,20H2,1-3H3,(H,37,38)/t28-,29+/m0/s1. The molecular weight excluding hydrogens is 511 g/mol. The topological polar surface area (TPSA) is 59.9 Å². The van der Waals surface area contributed by atoms with Crippen LogP contribution >= 0.6 is 11.6 Å². The molecule has 210 valence electrons. The van der Waals surface area contributed by atoms with Gasteiger partial charge in [0.05, 0.1) is 35.2 Å². The smallest absolute Gasteiger partial charge is 0.148 e. The minimum Gasteiger partial charge on any atom is -0.373 e. The van der Waals surface area contributed by atoms with Crippen LogP contribution in [0.5, 0.6) is 0 Å². The van der Waals surface area contributed by atoms with Crippen LogP contribution in [0.1, 0.15) is 93.4 Å². The van der Waals surface area contributed by atoms with Crippen molar-refractivity contribution in [3.05, 3.63) is 69.6 Å². The van der Waals surface area contributed by atoms with Crippen LogP contribution in [0.25, 0.3) is 11.4 Å². The van der Waals surface area contributed by atoms with Gasteiger partial charge >= 0.3 is 0 Å². The fourth-order valence-corrected chi connectivity index (χ4v) is 5.71. The lowest BCUT2D eigenvalue weighted by atomic mass is 10.1. The lowest BCUT2D eigenvalue weighted by molar-refractivity contribution is 0.0393. The number of hydrogen-bond donors (Lipinski definition) is 1. The Balaban J connectivity index is 1.56. The van der Waals surface area contributed by atoms with Crippen LogP contribution in [0.4, 0.5) is 10.2 Å². The van der Waals surface area contributed by atoms with Gasteiger partial charge in [0.1, 0.15) is 23.9 Å². The van der Waals surface area contributed by atoms with Crippen LogP contribution < -0.4 is 5.32 Å². The van der Waals surface area contributed by atoms with Crippen molar-refractivity contribution >= 4 is 17.4 Å². The number of alkyl halides is 1. The fraction of sp³-hybridized carbons (Fsp3) is 0.531. The number of benzene rings is 1. The number of aryl methyl sites for hydroxylation is 3. The van der Waals surface area contributed by atoms with Crippen molar-refractivity contribution in [2.45, 2.75) is 97.1 Å². The molecule has 0 saturated carbocycles. The first kappa shape index (κ1) is 29.4. The van der Waals surface area contributed by atoms with Crippen molar-refractivity contribution in [3.8, 4) is 11.4 Å². The highest BCUT2D eigenvalue weighted by Gasteiger charge is 2.34. The molecule has 0 bridgehead atoms. The van der Waals surface area contributed by atoms with Gasteiger partial charge in [-0.15, -0.1) is 0 Å². The normalized spacial score (nSPS) is 16.4. The number of ether oxygens (including phenoxy) is 1. The van der Waals surface area contributed by atoms with Gasteiger partial charge in [-0.25, -0.2) is 14.4 Å². The highest BCUT2D eigenvalue weighted by Crippen LogP contribution is 2.37. The average molecular weight is 553 g/mol. The molecule has 0 radical (unpaired) electrons. The monoisotopic (exact) mass is 552 g/mol. The second-order valence-electron chi connectivity index (χ2n) is 10.3. The molecule has 0 aliphatic heterocycles. The van der Waals surface area contributed by atoms with Crippen LogP contribution in [0.2, 0.25) is 5.02 Å². The molecule has 39 heavy (non-hydrogen) atoms. The number of anilines is 1. The van der Waals surface area contributed by atoms with Gasteiger partial charge in [0.25, 0.3) is 0 Å². The summed E-state index contributed by atoms with van der Waals surface area (Å²) in [6.07, 6.45) is 12.5. The lowest BCUT2D eigenvalue weighted by Crippen LogP contribution is -2.27. The Morgan fingerprint density at radius 1 is 0.974 bits per heavy atom. The van der Waals surface area contributed by atoms with E-state index in [1.54, 1.807) is 0 Å². The van der Waals surface area contributed by atoms with Crippen LogP contribution in [-0.2, 0) is 30.4 Å². The van der Waals surface area contributed by atoms with E-state index in [1.807, 2.05) is 24.4 Å². The van der Waals surface area contributed by atoms with Gasteiger partial charge in [-0.2, -0.15) is 0 Å². The van der Waals surface area contributed by atoms with E-state index in [0.29, 0.717) is 23.6 Å². The summed E-state index contributed by atoms with van der Waals surface area (Å²) in [5.74, 6) is 0.740. The zero-order valence-electron chi connectivity index (χ0n) is 23.6. The second-order valence-corrected chi connectivity index (χ2v) is 10.7. The fourth-order valence-electron chi connectivity index (χ4n) is 5.43. The molecule has 0 fully saturated rings. The Kier molecular flexibility index (Phi) is 11.1. The van der Waals surface area contributed by atoms with E-state index in [1.165, 1.54) is 43.2 Å². The largest absolute Gasteiger partial charge is 0.373 e. The first-order valence-corrected chi connectivity index (χ1v) is 15.0. The summed E-state index contributed by atoms with van der Waals surface area (Å²) in [7, 11) is 0. The van der Waals surface area contributed by atoms with Crippen LogP contribution in [0.15, 0.2) is 36.5 Å². The van der Waals surface area contributed by atoms with Gasteiger partial charge in [0, 0.05) is 12.6 Å². The molecule has 0 saturated heterocycles. The third-order valence-electron chi connectivity index (χ3n) is 7.54. The third kappa shape index (κ3) is 7.34. The minimum absolute atomic E-state index is 0.0846. The minimum atomic E-state index is -0.500. The van der Waals surface area contributed by atoms with Crippen molar-refractivity contribution in [3.63, 3.8) is 0 Å². The quantitative estimate of drug-likeness (QED) is 0.192. The van der Waals surface area contributed by atoms with Crippen LogP contribution in [-0.4, -0.2) is 34.3 Å². The van der Waals surface area contributed by atoms with Gasteiger partial charge < -0.3 is 10.1 Å². The SMILES string of the molecule is CCCCCCCCc1cnc(-c2nc(CC)c(N[C@@H]3c4ccccc4C[C@@H]3OCCF)nc2CC)c(Cl)c1. The third-order valence-corrected chi connectivity index (χ3v) is 7.82. The predicted octanol–water partition coefficient (Wildman–Crippen LogP) is 8.28. The van der Waals surface area contributed by atoms with E-state index in [2.05, 4.69) is 38.2 Å². The Hall–Kier alpha value is -2.57. The molecule has 2 aromatic heterocycles. The lowest BCUT2D eigenvalue weighted by Gasteiger charge is -2.24. The number of halogens is 2. The van der Waals surface area contributed by atoms with Crippen LogP contribution in [0.3, 0.4) is 0 Å². The first-order chi connectivity index (χ1) is 19.1. The summed E-state index contributed by atoms with van der Waals surface area (Å²) in [4.78, 5) is 14.8. The maximum absolute atomic E-state index is 12.9. The summed E-state index contributed by atoms with van der Waals surface area (Å²) in [5, 5.41) is 4.24. The number of rotatable bonds is 15. The molecule has 1 N–H and O–H groups in total. The van der Waals surface area contributed by atoms with Crippen molar-refractivity contribution in [1.29, 1.82) is 0 Å². The number of aromatic nitrogens is 3. The van der Waals surface area contributed by atoms with E-state index in [-0.39, 0.29) is 18.8 Å². The van der Waals surface area contributed by atoms with E-state index in [9.17, 15) is 4.39 Å². The van der Waals surface area contributed by atoms with E-state index >= 15 is 0 Å². The zero-order valence-corrected chi connectivity index (χ0v) is 24.4. The number of hydrogen-bond acceptors (Lipinski definition) is 5. The number of nitrogens with one attached hydrogen (secondary N) is 1. The Bertz CT molecular complexity index is 1220. The van der Waals surface area contributed by atoms with Gasteiger partial charge in [-0.3, -0.25) is 4.98 Å². The summed E-state index contributed by atoms with van der Waals surface area (Å²) < 4.78 is 18.9. The number of unbranched alkanes of at least 4 members (excludes halogenated alkanes) is 5. The van der Waals surface area contributed by atoms with Crippen molar-refractivity contribution < 1.29 is 9.13 Å². The van der Waals surface area contributed by atoms with E-state index in [4.69, 9.17) is 31.3 Å². The molecule has 3 aromatic rings.